The maximum atomic E-state index is 12.6. The van der Waals surface area contributed by atoms with Gasteiger partial charge in [0.05, 0.1) is 30.3 Å². The Kier molecular flexibility index (Phi) is 5.41. The highest BCUT2D eigenvalue weighted by atomic mass is 35.5. The molecule has 1 N–H and O–H groups in total. The van der Waals surface area contributed by atoms with Crippen molar-refractivity contribution < 1.29 is 23.5 Å². The second-order valence-corrected chi connectivity index (χ2v) is 6.33. The van der Waals surface area contributed by atoms with Crippen LogP contribution < -0.4 is 15.8 Å². The van der Waals surface area contributed by atoms with Crippen LogP contribution in [-0.4, -0.2) is 30.7 Å². The molecular formula is C19H17ClN2O6. The Balaban J connectivity index is 1.90. The zero-order chi connectivity index (χ0) is 20.4. The average Bonchev–Trinajstić information content (AvgIpc) is 3.01. The van der Waals surface area contributed by atoms with Gasteiger partial charge in [0.1, 0.15) is 11.8 Å². The first-order chi connectivity index (χ1) is 13.3. The van der Waals surface area contributed by atoms with Crippen molar-refractivity contribution in [1.29, 1.82) is 0 Å². The van der Waals surface area contributed by atoms with Crippen molar-refractivity contribution in [3.05, 3.63) is 57.5 Å². The Bertz CT molecular complexity index is 1120. The Morgan fingerprint density at radius 1 is 1.18 bits per heavy atom. The number of benzene rings is 2. The monoisotopic (exact) mass is 404 g/mol. The van der Waals surface area contributed by atoms with Crippen molar-refractivity contribution in [3.63, 3.8) is 0 Å². The molecule has 1 amide bonds. The average molecular weight is 405 g/mol. The highest BCUT2D eigenvalue weighted by Gasteiger charge is 2.22. The van der Waals surface area contributed by atoms with E-state index in [4.69, 9.17) is 20.8 Å². The Morgan fingerprint density at radius 3 is 2.57 bits per heavy atom. The summed E-state index contributed by atoms with van der Waals surface area (Å²) >= 11 is 6.06. The number of fused-ring (bicyclic) bond motifs is 1. The van der Waals surface area contributed by atoms with Gasteiger partial charge in [-0.25, -0.2) is 9.59 Å². The van der Waals surface area contributed by atoms with Crippen molar-refractivity contribution in [2.45, 2.75) is 13.0 Å². The van der Waals surface area contributed by atoms with Gasteiger partial charge in [0.2, 0.25) is 5.91 Å². The topological polar surface area (TPSA) is 99.8 Å². The molecule has 9 heteroatoms. The number of methoxy groups -OCH3 is 2. The predicted octanol–water partition coefficient (Wildman–Crippen LogP) is 3.24. The van der Waals surface area contributed by atoms with Gasteiger partial charge in [-0.1, -0.05) is 11.6 Å². The summed E-state index contributed by atoms with van der Waals surface area (Å²) in [5.74, 6) is -1.24. The van der Waals surface area contributed by atoms with Crippen LogP contribution in [-0.2, 0) is 9.53 Å². The predicted molar refractivity (Wildman–Crippen MR) is 103 cm³/mol. The number of halogens is 1. The van der Waals surface area contributed by atoms with Crippen LogP contribution in [0.25, 0.3) is 11.1 Å². The fraction of sp³-hybridized carbons (Fsp3) is 0.211. The van der Waals surface area contributed by atoms with Crippen molar-refractivity contribution in [2.75, 3.05) is 19.5 Å². The van der Waals surface area contributed by atoms with Gasteiger partial charge in [-0.2, -0.15) is 0 Å². The van der Waals surface area contributed by atoms with Gasteiger partial charge in [-0.3, -0.25) is 9.36 Å². The van der Waals surface area contributed by atoms with E-state index in [1.54, 1.807) is 25.1 Å². The molecule has 0 saturated carbocycles. The lowest BCUT2D eigenvalue weighted by molar-refractivity contribution is -0.118. The van der Waals surface area contributed by atoms with Crippen molar-refractivity contribution in [3.8, 4) is 5.75 Å². The number of ether oxygens (including phenoxy) is 2. The first-order valence-corrected chi connectivity index (χ1v) is 8.61. The minimum atomic E-state index is -0.876. The lowest BCUT2D eigenvalue weighted by Crippen LogP contribution is -2.29. The number of carbonyl (C=O) groups excluding carboxylic acids is 2. The number of hydrogen-bond acceptors (Lipinski definition) is 6. The Hall–Kier alpha value is -3.26. The molecular weight excluding hydrogens is 388 g/mol. The van der Waals surface area contributed by atoms with E-state index in [9.17, 15) is 14.4 Å². The zero-order valence-corrected chi connectivity index (χ0v) is 16.1. The molecule has 3 aromatic rings. The molecule has 1 aromatic heterocycles. The molecule has 0 aliphatic heterocycles. The summed E-state index contributed by atoms with van der Waals surface area (Å²) in [5, 5.41) is 3.04. The number of rotatable bonds is 5. The number of esters is 1. The van der Waals surface area contributed by atoms with Gasteiger partial charge < -0.3 is 19.2 Å². The van der Waals surface area contributed by atoms with Crippen LogP contribution in [0.1, 0.15) is 23.3 Å². The number of amides is 1. The van der Waals surface area contributed by atoms with E-state index in [-0.39, 0.29) is 11.1 Å². The van der Waals surface area contributed by atoms with E-state index in [1.807, 2.05) is 0 Å². The van der Waals surface area contributed by atoms with Crippen LogP contribution in [0.3, 0.4) is 0 Å². The minimum Gasteiger partial charge on any atom is -0.495 e. The van der Waals surface area contributed by atoms with Crippen LogP contribution in [0.4, 0.5) is 5.69 Å². The van der Waals surface area contributed by atoms with Crippen LogP contribution in [0.15, 0.2) is 45.6 Å². The van der Waals surface area contributed by atoms with Gasteiger partial charge in [0.25, 0.3) is 0 Å². The normalized spacial score (nSPS) is 11.9. The van der Waals surface area contributed by atoms with E-state index in [0.717, 1.165) is 0 Å². The van der Waals surface area contributed by atoms with Gasteiger partial charge in [0.15, 0.2) is 5.58 Å². The number of oxazole rings is 1. The van der Waals surface area contributed by atoms with Crippen molar-refractivity contribution in [2.24, 2.45) is 0 Å². The SMILES string of the molecule is COC(=O)c1ccc2c(c1)oc(=O)n2C(C)C(=O)Nc1ccc(OC)c(Cl)c1. The molecule has 0 saturated heterocycles. The van der Waals surface area contributed by atoms with Crippen molar-refractivity contribution >= 4 is 40.3 Å². The van der Waals surface area contributed by atoms with E-state index >= 15 is 0 Å². The fourth-order valence-electron chi connectivity index (χ4n) is 2.76. The molecule has 0 bridgehead atoms. The van der Waals surface area contributed by atoms with E-state index in [1.165, 1.54) is 37.0 Å². The molecule has 0 radical (unpaired) electrons. The molecule has 1 unspecified atom stereocenters. The number of hydrogen-bond donors (Lipinski definition) is 1. The first-order valence-electron chi connectivity index (χ1n) is 8.23. The van der Waals surface area contributed by atoms with Gasteiger partial charge in [-0.15, -0.1) is 0 Å². The third-order valence-electron chi connectivity index (χ3n) is 4.22. The number of aromatic nitrogens is 1. The lowest BCUT2D eigenvalue weighted by Gasteiger charge is -2.14. The quantitative estimate of drug-likeness (QED) is 0.655. The standard InChI is InChI=1S/C19H17ClN2O6/c1-10(17(23)21-12-5-7-15(26-2)13(20)9-12)22-14-6-4-11(18(24)27-3)8-16(14)28-19(22)25/h4-10H,1-3H3,(H,21,23). The third-order valence-corrected chi connectivity index (χ3v) is 4.52. The maximum Gasteiger partial charge on any atom is 0.420 e. The highest BCUT2D eigenvalue weighted by Crippen LogP contribution is 2.28. The molecule has 0 fully saturated rings. The second kappa shape index (κ2) is 7.77. The molecule has 146 valence electrons. The van der Waals surface area contributed by atoms with E-state index in [0.29, 0.717) is 22.0 Å². The molecule has 2 aromatic carbocycles. The molecule has 8 nitrogen and oxygen atoms in total. The van der Waals surface area contributed by atoms with Gasteiger partial charge in [-0.05, 0) is 43.3 Å². The molecule has 0 aliphatic carbocycles. The molecule has 28 heavy (non-hydrogen) atoms. The number of anilines is 1. The largest absolute Gasteiger partial charge is 0.495 e. The Morgan fingerprint density at radius 2 is 1.93 bits per heavy atom. The minimum absolute atomic E-state index is 0.181. The third kappa shape index (κ3) is 3.59. The van der Waals surface area contributed by atoms with Crippen LogP contribution in [0.2, 0.25) is 5.02 Å². The molecule has 0 aliphatic rings. The first kappa shape index (κ1) is 19.5. The van der Waals surface area contributed by atoms with E-state index in [2.05, 4.69) is 10.1 Å². The highest BCUT2D eigenvalue weighted by molar-refractivity contribution is 6.32. The lowest BCUT2D eigenvalue weighted by atomic mass is 10.2. The summed E-state index contributed by atoms with van der Waals surface area (Å²) in [7, 11) is 2.75. The molecule has 3 rings (SSSR count). The summed E-state index contributed by atoms with van der Waals surface area (Å²) in [6, 6.07) is 8.34. The van der Waals surface area contributed by atoms with Gasteiger partial charge >= 0.3 is 11.7 Å². The number of nitrogens with one attached hydrogen (secondary N) is 1. The summed E-state index contributed by atoms with van der Waals surface area (Å²) in [6.07, 6.45) is 0. The van der Waals surface area contributed by atoms with Crippen LogP contribution >= 0.6 is 11.6 Å². The number of carbonyl (C=O) groups is 2. The summed E-state index contributed by atoms with van der Waals surface area (Å²) in [5.41, 5.74) is 1.26. The molecule has 1 heterocycles. The smallest absolute Gasteiger partial charge is 0.420 e. The van der Waals surface area contributed by atoms with Crippen molar-refractivity contribution in [1.82, 2.24) is 4.57 Å². The fourth-order valence-corrected chi connectivity index (χ4v) is 3.01. The Labute approximate surface area is 164 Å². The van der Waals surface area contributed by atoms with Crippen LogP contribution in [0, 0.1) is 0 Å². The summed E-state index contributed by atoms with van der Waals surface area (Å²) in [4.78, 5) is 36.6. The molecule has 0 spiro atoms. The maximum absolute atomic E-state index is 12.6. The summed E-state index contributed by atoms with van der Waals surface area (Å²) < 4.78 is 16.1. The number of nitrogens with zero attached hydrogens (tertiary/aromatic N) is 1. The molecule has 1 atom stereocenters. The van der Waals surface area contributed by atoms with Crippen LogP contribution in [0.5, 0.6) is 5.75 Å². The second-order valence-electron chi connectivity index (χ2n) is 5.93. The zero-order valence-electron chi connectivity index (χ0n) is 15.3. The van der Waals surface area contributed by atoms with Gasteiger partial charge in [0, 0.05) is 5.69 Å². The van der Waals surface area contributed by atoms with E-state index < -0.39 is 23.7 Å². The summed E-state index contributed by atoms with van der Waals surface area (Å²) in [6.45, 7) is 1.56.